The molecule has 2 aromatic rings. The number of hydrogen-bond acceptors (Lipinski definition) is 5. The second-order valence-corrected chi connectivity index (χ2v) is 7.12. The molecule has 1 N–H and O–H groups in total. The van der Waals surface area contributed by atoms with Crippen molar-refractivity contribution >= 4 is 23.3 Å². The van der Waals surface area contributed by atoms with Crippen molar-refractivity contribution in [1.29, 1.82) is 0 Å². The van der Waals surface area contributed by atoms with Crippen LogP contribution in [0.4, 0.5) is 0 Å². The first-order valence-corrected chi connectivity index (χ1v) is 9.47. The van der Waals surface area contributed by atoms with Crippen molar-refractivity contribution in [1.82, 2.24) is 4.90 Å². The molecule has 2 unspecified atom stereocenters. The molecular weight excluding hydrogens is 350 g/mol. The molecule has 26 heavy (non-hydrogen) atoms. The van der Waals surface area contributed by atoms with Crippen LogP contribution in [0.3, 0.4) is 0 Å². The molecule has 138 valence electrons. The second kappa shape index (κ2) is 8.98. The normalized spacial score (nSPS) is 18.8. The van der Waals surface area contributed by atoms with Gasteiger partial charge in [-0.3, -0.25) is 4.79 Å². The van der Waals surface area contributed by atoms with Gasteiger partial charge in [-0.05, 0) is 35.2 Å². The van der Waals surface area contributed by atoms with Gasteiger partial charge >= 0.3 is 0 Å². The minimum atomic E-state index is -0.584. The average molecular weight is 373 g/mol. The number of carbonyl (C=O) groups excluding carboxylic acids is 1. The topological polar surface area (TPSA) is 59.0 Å². The molecule has 0 spiro atoms. The summed E-state index contributed by atoms with van der Waals surface area (Å²) in [6.07, 6.45) is 3.25. The molecule has 0 aliphatic carbocycles. The molecule has 1 aromatic carbocycles. The van der Waals surface area contributed by atoms with Crippen LogP contribution >= 0.6 is 11.3 Å². The number of benzene rings is 1. The first kappa shape index (κ1) is 18.6. The monoisotopic (exact) mass is 373 g/mol. The Morgan fingerprint density at radius 2 is 2.35 bits per heavy atom. The van der Waals surface area contributed by atoms with E-state index in [9.17, 15) is 9.90 Å². The fraction of sp³-hybridized carbons (Fsp3) is 0.350. The van der Waals surface area contributed by atoms with Gasteiger partial charge < -0.3 is 19.5 Å². The van der Waals surface area contributed by atoms with Crippen LogP contribution in [-0.4, -0.2) is 48.8 Å². The number of hydrogen-bond donors (Lipinski definition) is 1. The van der Waals surface area contributed by atoms with Crippen LogP contribution in [-0.2, 0) is 9.53 Å². The van der Waals surface area contributed by atoms with Crippen LogP contribution in [0.5, 0.6) is 5.75 Å². The highest BCUT2D eigenvalue weighted by Gasteiger charge is 2.28. The lowest BCUT2D eigenvalue weighted by Crippen LogP contribution is -2.48. The highest BCUT2D eigenvalue weighted by atomic mass is 32.1. The maximum absolute atomic E-state index is 12.7. The van der Waals surface area contributed by atoms with Crippen molar-refractivity contribution in [2.75, 3.05) is 26.9 Å². The van der Waals surface area contributed by atoms with Gasteiger partial charge in [0.05, 0.1) is 32.5 Å². The number of aliphatic hydroxyl groups is 1. The van der Waals surface area contributed by atoms with Gasteiger partial charge in [0.15, 0.2) is 0 Å². The van der Waals surface area contributed by atoms with E-state index >= 15 is 0 Å². The van der Waals surface area contributed by atoms with Gasteiger partial charge in [-0.25, -0.2) is 0 Å². The molecule has 1 aliphatic heterocycles. The number of carbonyl (C=O) groups is 1. The molecule has 1 aromatic heterocycles. The second-order valence-electron chi connectivity index (χ2n) is 6.14. The molecule has 6 heteroatoms. The van der Waals surface area contributed by atoms with E-state index in [1.165, 1.54) is 11.3 Å². The predicted molar refractivity (Wildman–Crippen MR) is 102 cm³/mol. The summed E-state index contributed by atoms with van der Waals surface area (Å²) < 4.78 is 10.7. The Balaban J connectivity index is 1.66. The third kappa shape index (κ3) is 4.72. The van der Waals surface area contributed by atoms with E-state index < -0.39 is 6.10 Å². The van der Waals surface area contributed by atoms with Crippen molar-refractivity contribution in [2.24, 2.45) is 0 Å². The first-order chi connectivity index (χ1) is 12.7. The number of rotatable bonds is 6. The average Bonchev–Trinajstić information content (AvgIpc) is 3.21. The quantitative estimate of drug-likeness (QED) is 0.791. The zero-order chi connectivity index (χ0) is 18.4. The molecular formula is C20H23NO4S. The molecule has 5 nitrogen and oxygen atoms in total. The van der Waals surface area contributed by atoms with Gasteiger partial charge in [0.1, 0.15) is 5.75 Å². The number of aliphatic hydroxyl groups excluding tert-OH is 1. The summed E-state index contributed by atoms with van der Waals surface area (Å²) in [7, 11) is 1.62. The zero-order valence-electron chi connectivity index (χ0n) is 14.7. The van der Waals surface area contributed by atoms with Crippen LogP contribution in [0, 0.1) is 0 Å². The summed E-state index contributed by atoms with van der Waals surface area (Å²) >= 11 is 1.52. The smallest absolute Gasteiger partial charge is 0.246 e. The molecule has 1 fully saturated rings. The Labute approximate surface area is 157 Å². The van der Waals surface area contributed by atoms with E-state index in [-0.39, 0.29) is 11.9 Å². The summed E-state index contributed by atoms with van der Waals surface area (Å²) in [5, 5.41) is 12.4. The molecule has 2 atom stereocenters. The lowest BCUT2D eigenvalue weighted by atomic mass is 10.1. The molecule has 0 bridgehead atoms. The molecule has 1 amide bonds. The Morgan fingerprint density at radius 3 is 3.12 bits per heavy atom. The fourth-order valence-electron chi connectivity index (χ4n) is 3.00. The van der Waals surface area contributed by atoms with Gasteiger partial charge in [-0.1, -0.05) is 18.2 Å². The number of amides is 1. The van der Waals surface area contributed by atoms with Gasteiger partial charge in [0.2, 0.25) is 5.91 Å². The van der Waals surface area contributed by atoms with Gasteiger partial charge in [-0.15, -0.1) is 11.3 Å². The third-order valence-electron chi connectivity index (χ3n) is 4.39. The summed E-state index contributed by atoms with van der Waals surface area (Å²) in [6, 6.07) is 11.2. The predicted octanol–water partition coefficient (Wildman–Crippen LogP) is 3.12. The summed E-state index contributed by atoms with van der Waals surface area (Å²) in [4.78, 5) is 15.4. The Kier molecular flexibility index (Phi) is 6.44. The standard InChI is InChI=1S/C20H23NO4S/c1-24-17-5-2-4-15(12-17)7-8-20(23)21-9-10-25-14-16(21)13-18(22)19-6-3-11-26-19/h2-8,11-12,16,18,22H,9-10,13-14H2,1H3. The number of ether oxygens (including phenoxy) is 2. The maximum Gasteiger partial charge on any atom is 0.246 e. The minimum Gasteiger partial charge on any atom is -0.497 e. The number of morpholine rings is 1. The van der Waals surface area contributed by atoms with E-state index in [0.717, 1.165) is 16.2 Å². The van der Waals surface area contributed by atoms with Crippen molar-refractivity contribution in [2.45, 2.75) is 18.6 Å². The van der Waals surface area contributed by atoms with Crippen LogP contribution in [0.2, 0.25) is 0 Å². The largest absolute Gasteiger partial charge is 0.497 e. The molecule has 0 saturated carbocycles. The third-order valence-corrected chi connectivity index (χ3v) is 5.36. The highest BCUT2D eigenvalue weighted by molar-refractivity contribution is 7.10. The Morgan fingerprint density at radius 1 is 1.46 bits per heavy atom. The van der Waals surface area contributed by atoms with Gasteiger partial charge in [0, 0.05) is 23.9 Å². The minimum absolute atomic E-state index is 0.0699. The van der Waals surface area contributed by atoms with Crippen molar-refractivity contribution in [3.8, 4) is 5.75 Å². The molecule has 0 radical (unpaired) electrons. The van der Waals surface area contributed by atoms with Crippen LogP contribution in [0.15, 0.2) is 47.9 Å². The van der Waals surface area contributed by atoms with E-state index in [4.69, 9.17) is 9.47 Å². The summed E-state index contributed by atoms with van der Waals surface area (Å²) in [6.45, 7) is 1.49. The lowest BCUT2D eigenvalue weighted by molar-refractivity contribution is -0.135. The van der Waals surface area contributed by atoms with Crippen LogP contribution in [0.1, 0.15) is 23.0 Å². The summed E-state index contributed by atoms with van der Waals surface area (Å²) in [5.74, 6) is 0.683. The van der Waals surface area contributed by atoms with Crippen molar-refractivity contribution < 1.29 is 19.4 Å². The van der Waals surface area contributed by atoms with E-state index in [0.29, 0.717) is 26.2 Å². The van der Waals surface area contributed by atoms with Crippen LogP contribution < -0.4 is 4.74 Å². The zero-order valence-corrected chi connectivity index (χ0v) is 15.5. The first-order valence-electron chi connectivity index (χ1n) is 8.59. The maximum atomic E-state index is 12.7. The molecule has 1 aliphatic rings. The van der Waals surface area contributed by atoms with Crippen molar-refractivity contribution in [3.63, 3.8) is 0 Å². The molecule has 3 rings (SSSR count). The highest BCUT2D eigenvalue weighted by Crippen LogP contribution is 2.26. The summed E-state index contributed by atoms with van der Waals surface area (Å²) in [5.41, 5.74) is 0.904. The lowest BCUT2D eigenvalue weighted by Gasteiger charge is -2.36. The SMILES string of the molecule is COc1cccc(C=CC(=O)N2CCOCC2CC(O)c2cccs2)c1. The van der Waals surface area contributed by atoms with E-state index in [1.54, 1.807) is 24.2 Å². The molecule has 2 heterocycles. The number of thiophene rings is 1. The van der Waals surface area contributed by atoms with E-state index in [1.807, 2.05) is 41.8 Å². The van der Waals surface area contributed by atoms with Crippen LogP contribution in [0.25, 0.3) is 6.08 Å². The number of nitrogens with zero attached hydrogens (tertiary/aromatic N) is 1. The molecule has 1 saturated heterocycles. The Hall–Kier alpha value is -2.15. The van der Waals surface area contributed by atoms with E-state index in [2.05, 4.69) is 0 Å². The van der Waals surface area contributed by atoms with Gasteiger partial charge in [0.25, 0.3) is 0 Å². The fourth-order valence-corrected chi connectivity index (χ4v) is 3.73. The van der Waals surface area contributed by atoms with Gasteiger partial charge in [-0.2, -0.15) is 0 Å². The van der Waals surface area contributed by atoms with Crippen molar-refractivity contribution in [3.05, 3.63) is 58.3 Å². The number of methoxy groups -OCH3 is 1. The Bertz CT molecular complexity index is 744.